The number of rotatable bonds is 2. The number of alkyl halides is 3. The first-order valence-electron chi connectivity index (χ1n) is 7.66. The zero-order chi connectivity index (χ0) is 19.1. The average Bonchev–Trinajstić information content (AvgIpc) is 2.95. The molecule has 26 heavy (non-hydrogen) atoms. The molecule has 1 aliphatic heterocycles. The summed E-state index contributed by atoms with van der Waals surface area (Å²) < 4.78 is 38.1. The molecule has 1 unspecified atom stereocenters. The highest BCUT2D eigenvalue weighted by molar-refractivity contribution is 6.35. The first-order chi connectivity index (χ1) is 12.2. The van der Waals surface area contributed by atoms with Crippen LogP contribution >= 0.6 is 23.2 Å². The minimum Gasteiger partial charge on any atom is -0.267 e. The molecule has 8 heteroatoms. The van der Waals surface area contributed by atoms with Crippen molar-refractivity contribution in [3.63, 3.8) is 0 Å². The maximum Gasteiger partial charge on any atom is 0.416 e. The Balaban J connectivity index is 1.91. The van der Waals surface area contributed by atoms with Gasteiger partial charge in [-0.3, -0.25) is 4.79 Å². The Labute approximate surface area is 158 Å². The molecule has 2 aromatic rings. The summed E-state index contributed by atoms with van der Waals surface area (Å²) in [7, 11) is 0. The number of hydrogen-bond acceptors (Lipinski definition) is 2. The van der Waals surface area contributed by atoms with Crippen LogP contribution in [0, 0.1) is 0 Å². The third-order valence-electron chi connectivity index (χ3n) is 4.05. The van der Waals surface area contributed by atoms with Crippen molar-refractivity contribution in [2.75, 3.05) is 0 Å². The van der Waals surface area contributed by atoms with Gasteiger partial charge in [-0.15, -0.1) is 0 Å². The van der Waals surface area contributed by atoms with Crippen molar-refractivity contribution in [1.82, 2.24) is 5.01 Å². The smallest absolute Gasteiger partial charge is 0.267 e. The first kappa shape index (κ1) is 18.7. The van der Waals surface area contributed by atoms with E-state index in [0.717, 1.165) is 30.0 Å². The Kier molecular flexibility index (Phi) is 4.99. The fraction of sp³-hybridized carbons (Fsp3) is 0.222. The van der Waals surface area contributed by atoms with Crippen molar-refractivity contribution in [1.29, 1.82) is 0 Å². The Morgan fingerprint density at radius 2 is 1.81 bits per heavy atom. The maximum atomic E-state index is 12.8. The summed E-state index contributed by atoms with van der Waals surface area (Å²) in [5, 5.41) is 6.37. The second-order valence-corrected chi connectivity index (χ2v) is 6.79. The fourth-order valence-corrected chi connectivity index (χ4v) is 3.33. The van der Waals surface area contributed by atoms with Crippen LogP contribution in [-0.4, -0.2) is 16.6 Å². The van der Waals surface area contributed by atoms with E-state index < -0.39 is 23.7 Å². The van der Waals surface area contributed by atoms with Crippen LogP contribution in [0.25, 0.3) is 0 Å². The number of carbonyl (C=O) groups is 1. The molecular formula is C18H13Cl2F3N2O. The molecule has 0 aliphatic carbocycles. The molecule has 0 fully saturated rings. The molecule has 1 amide bonds. The van der Waals surface area contributed by atoms with Crippen molar-refractivity contribution >= 4 is 34.8 Å². The van der Waals surface area contributed by atoms with E-state index in [4.69, 9.17) is 23.2 Å². The lowest BCUT2D eigenvalue weighted by molar-refractivity contribution is -0.137. The Hall–Kier alpha value is -2.05. The predicted molar refractivity (Wildman–Crippen MR) is 94.5 cm³/mol. The molecule has 0 bridgehead atoms. The van der Waals surface area contributed by atoms with Crippen LogP contribution < -0.4 is 0 Å². The Morgan fingerprint density at radius 3 is 2.38 bits per heavy atom. The van der Waals surface area contributed by atoms with Crippen LogP contribution in [0.15, 0.2) is 47.6 Å². The summed E-state index contributed by atoms with van der Waals surface area (Å²) in [6, 6.07) is 8.58. The minimum absolute atomic E-state index is 0.117. The van der Waals surface area contributed by atoms with Gasteiger partial charge in [-0.25, -0.2) is 5.01 Å². The van der Waals surface area contributed by atoms with Crippen molar-refractivity contribution in [2.45, 2.75) is 25.6 Å². The highest BCUT2D eigenvalue weighted by Gasteiger charge is 2.34. The quantitative estimate of drug-likeness (QED) is 0.610. The Bertz CT molecular complexity index is 879. The van der Waals surface area contributed by atoms with Crippen LogP contribution in [0.1, 0.15) is 40.9 Å². The van der Waals surface area contributed by atoms with E-state index in [1.165, 1.54) is 5.01 Å². The molecule has 0 spiro atoms. The highest BCUT2D eigenvalue weighted by atomic mass is 35.5. The van der Waals surface area contributed by atoms with Gasteiger partial charge in [0, 0.05) is 27.7 Å². The van der Waals surface area contributed by atoms with Crippen molar-refractivity contribution in [3.8, 4) is 0 Å². The van der Waals surface area contributed by atoms with Crippen LogP contribution in [0.2, 0.25) is 10.0 Å². The summed E-state index contributed by atoms with van der Waals surface area (Å²) in [5.74, 6) is -0.494. The largest absolute Gasteiger partial charge is 0.416 e. The maximum absolute atomic E-state index is 12.8. The molecule has 2 aromatic carbocycles. The van der Waals surface area contributed by atoms with Crippen molar-refractivity contribution in [3.05, 3.63) is 69.2 Å². The van der Waals surface area contributed by atoms with Gasteiger partial charge in [0.25, 0.3) is 5.91 Å². The van der Waals surface area contributed by atoms with Gasteiger partial charge in [-0.05, 0) is 48.9 Å². The van der Waals surface area contributed by atoms with Gasteiger partial charge in [0.05, 0.1) is 11.6 Å². The molecule has 1 atom stereocenters. The van der Waals surface area contributed by atoms with Crippen molar-refractivity contribution in [2.24, 2.45) is 5.10 Å². The van der Waals surface area contributed by atoms with E-state index in [1.54, 1.807) is 25.1 Å². The second-order valence-electron chi connectivity index (χ2n) is 5.95. The molecule has 1 aliphatic rings. The van der Waals surface area contributed by atoms with Gasteiger partial charge in [0.2, 0.25) is 0 Å². The monoisotopic (exact) mass is 400 g/mol. The summed E-state index contributed by atoms with van der Waals surface area (Å²) in [6.07, 6.45) is -3.98. The van der Waals surface area contributed by atoms with Gasteiger partial charge in [-0.1, -0.05) is 29.3 Å². The standard InChI is InChI=1S/C18H13Cl2F3N2O/c1-10-8-16(14-7-6-13(19)9-15(14)20)25(24-10)17(26)11-2-4-12(5-3-11)18(21,22)23/h2-7,9,16H,8H2,1H3. The lowest BCUT2D eigenvalue weighted by atomic mass is 10.0. The summed E-state index contributed by atoms with van der Waals surface area (Å²) in [6.45, 7) is 1.77. The Morgan fingerprint density at radius 1 is 1.15 bits per heavy atom. The van der Waals surface area contributed by atoms with Gasteiger partial charge >= 0.3 is 6.18 Å². The molecular weight excluding hydrogens is 388 g/mol. The number of halogens is 5. The molecule has 0 aromatic heterocycles. The van der Waals surface area contributed by atoms with Gasteiger partial charge < -0.3 is 0 Å². The molecule has 0 radical (unpaired) electrons. The average molecular weight is 401 g/mol. The topological polar surface area (TPSA) is 32.7 Å². The lowest BCUT2D eigenvalue weighted by Crippen LogP contribution is -2.27. The molecule has 3 rings (SSSR count). The molecule has 1 heterocycles. The van der Waals surface area contributed by atoms with E-state index >= 15 is 0 Å². The van der Waals surface area contributed by atoms with E-state index in [2.05, 4.69) is 5.10 Å². The van der Waals surface area contributed by atoms with E-state index in [-0.39, 0.29) is 5.56 Å². The van der Waals surface area contributed by atoms with Crippen molar-refractivity contribution < 1.29 is 18.0 Å². The highest BCUT2D eigenvalue weighted by Crippen LogP contribution is 2.37. The minimum atomic E-state index is -4.46. The van der Waals surface area contributed by atoms with Crippen LogP contribution in [0.3, 0.4) is 0 Å². The number of hydrazone groups is 1. The number of carbonyl (C=O) groups excluding carboxylic acids is 1. The number of benzene rings is 2. The molecule has 3 nitrogen and oxygen atoms in total. The van der Waals surface area contributed by atoms with Crippen LogP contribution in [-0.2, 0) is 6.18 Å². The van der Waals surface area contributed by atoms with E-state index in [1.807, 2.05) is 0 Å². The molecule has 0 N–H and O–H groups in total. The predicted octanol–water partition coefficient (Wildman–Crippen LogP) is 5.98. The van der Waals surface area contributed by atoms with E-state index in [0.29, 0.717) is 22.0 Å². The number of amides is 1. The van der Waals surface area contributed by atoms with E-state index in [9.17, 15) is 18.0 Å². The third-order valence-corrected chi connectivity index (χ3v) is 4.61. The zero-order valence-electron chi connectivity index (χ0n) is 13.5. The van der Waals surface area contributed by atoms with Crippen LogP contribution in [0.4, 0.5) is 13.2 Å². The molecule has 0 saturated carbocycles. The SMILES string of the molecule is CC1=NN(C(=O)c2ccc(C(F)(F)F)cc2)C(c2ccc(Cl)cc2Cl)C1. The number of nitrogens with zero attached hydrogens (tertiary/aromatic N) is 2. The summed E-state index contributed by atoms with van der Waals surface area (Å²) >= 11 is 12.2. The summed E-state index contributed by atoms with van der Waals surface area (Å²) in [4.78, 5) is 12.8. The second kappa shape index (κ2) is 6.93. The first-order valence-corrected chi connectivity index (χ1v) is 8.42. The fourth-order valence-electron chi connectivity index (χ4n) is 2.80. The van der Waals surface area contributed by atoms with Crippen LogP contribution in [0.5, 0.6) is 0 Å². The zero-order valence-corrected chi connectivity index (χ0v) is 15.0. The third kappa shape index (κ3) is 3.71. The normalized spacial score (nSPS) is 17.4. The van der Waals surface area contributed by atoms with Gasteiger partial charge in [0.15, 0.2) is 0 Å². The van der Waals surface area contributed by atoms with Gasteiger partial charge in [0.1, 0.15) is 0 Å². The number of hydrogen-bond donors (Lipinski definition) is 0. The van der Waals surface area contributed by atoms with Gasteiger partial charge in [-0.2, -0.15) is 18.3 Å². The lowest BCUT2D eigenvalue weighted by Gasteiger charge is -2.23. The molecule has 136 valence electrons. The summed E-state index contributed by atoms with van der Waals surface area (Å²) in [5.41, 5.74) is 0.706. The molecule has 0 saturated heterocycles.